The standard InChI is InChI=1S/C23H19N3O/c27-23(19-13-6-9-16-8-4-5-12-18(16)19)24-22-20-14-7-15-21(20)25-26(22)17-10-2-1-3-11-17/h1-6,8-13H,7,14-15H2,(H,24,27). The van der Waals surface area contributed by atoms with Crippen LogP contribution in [0.25, 0.3) is 16.5 Å². The van der Waals surface area contributed by atoms with Gasteiger partial charge in [0, 0.05) is 11.1 Å². The van der Waals surface area contributed by atoms with Gasteiger partial charge in [0.15, 0.2) is 0 Å². The molecule has 4 heteroatoms. The number of carbonyl (C=O) groups excluding carboxylic acids is 1. The molecule has 1 N–H and O–H groups in total. The highest BCUT2D eigenvalue weighted by atomic mass is 16.1. The third-order valence-corrected chi connectivity index (χ3v) is 5.17. The molecule has 1 aliphatic rings. The van der Waals surface area contributed by atoms with E-state index in [4.69, 9.17) is 5.10 Å². The maximum Gasteiger partial charge on any atom is 0.257 e. The molecule has 0 unspecified atom stereocenters. The second kappa shape index (κ2) is 6.40. The van der Waals surface area contributed by atoms with Gasteiger partial charge in [0.2, 0.25) is 0 Å². The van der Waals surface area contributed by atoms with Crippen molar-refractivity contribution in [2.75, 3.05) is 5.32 Å². The SMILES string of the molecule is O=C(Nc1c2c(nn1-c1ccccc1)CCC2)c1cccc2ccccc12. The summed E-state index contributed by atoms with van der Waals surface area (Å²) in [5, 5.41) is 9.95. The molecule has 0 radical (unpaired) electrons. The Morgan fingerprint density at radius 2 is 1.67 bits per heavy atom. The van der Waals surface area contributed by atoms with Crippen molar-refractivity contribution < 1.29 is 4.79 Å². The van der Waals surface area contributed by atoms with Crippen LogP contribution in [0.4, 0.5) is 5.82 Å². The Hall–Kier alpha value is -3.40. The molecule has 1 amide bonds. The van der Waals surface area contributed by atoms with Crippen molar-refractivity contribution in [3.05, 3.63) is 89.6 Å². The second-order valence-corrected chi connectivity index (χ2v) is 6.86. The first-order valence-corrected chi connectivity index (χ1v) is 9.26. The monoisotopic (exact) mass is 353 g/mol. The van der Waals surface area contributed by atoms with Gasteiger partial charge in [-0.25, -0.2) is 4.68 Å². The Morgan fingerprint density at radius 1 is 0.889 bits per heavy atom. The van der Waals surface area contributed by atoms with Gasteiger partial charge in [-0.1, -0.05) is 54.6 Å². The Morgan fingerprint density at radius 3 is 2.56 bits per heavy atom. The molecule has 0 bridgehead atoms. The number of hydrogen-bond acceptors (Lipinski definition) is 2. The predicted octanol–water partition coefficient (Wildman–Crippen LogP) is 4.77. The van der Waals surface area contributed by atoms with Gasteiger partial charge in [0.25, 0.3) is 5.91 Å². The minimum Gasteiger partial charge on any atom is -0.306 e. The molecule has 132 valence electrons. The zero-order chi connectivity index (χ0) is 18.2. The molecule has 1 heterocycles. The average molecular weight is 353 g/mol. The van der Waals surface area contributed by atoms with E-state index in [9.17, 15) is 4.79 Å². The fraction of sp³-hybridized carbons (Fsp3) is 0.130. The van der Waals surface area contributed by atoms with Crippen LogP contribution in [0.15, 0.2) is 72.8 Å². The minimum absolute atomic E-state index is 0.0985. The lowest BCUT2D eigenvalue weighted by Crippen LogP contribution is -2.16. The lowest BCUT2D eigenvalue weighted by molar-refractivity contribution is 0.102. The number of benzene rings is 3. The van der Waals surface area contributed by atoms with E-state index in [-0.39, 0.29) is 5.91 Å². The van der Waals surface area contributed by atoms with Crippen molar-refractivity contribution in [1.82, 2.24) is 9.78 Å². The Balaban J connectivity index is 1.58. The highest BCUT2D eigenvalue weighted by Crippen LogP contribution is 2.31. The van der Waals surface area contributed by atoms with E-state index < -0.39 is 0 Å². The molecule has 1 aliphatic carbocycles. The largest absolute Gasteiger partial charge is 0.306 e. The van der Waals surface area contributed by atoms with Crippen molar-refractivity contribution >= 4 is 22.5 Å². The summed E-state index contributed by atoms with van der Waals surface area (Å²) in [6.07, 6.45) is 3.00. The number of amides is 1. The third kappa shape index (κ3) is 2.70. The van der Waals surface area contributed by atoms with E-state index in [0.29, 0.717) is 5.56 Å². The van der Waals surface area contributed by atoms with Crippen LogP contribution in [0.5, 0.6) is 0 Å². The Bertz CT molecular complexity index is 1140. The van der Waals surface area contributed by atoms with Gasteiger partial charge in [-0.3, -0.25) is 4.79 Å². The summed E-state index contributed by atoms with van der Waals surface area (Å²) in [5.74, 6) is 0.699. The second-order valence-electron chi connectivity index (χ2n) is 6.86. The zero-order valence-corrected chi connectivity index (χ0v) is 14.9. The molecule has 0 aliphatic heterocycles. The van der Waals surface area contributed by atoms with Crippen LogP contribution in [0.3, 0.4) is 0 Å². The number of rotatable bonds is 3. The molecule has 0 saturated heterocycles. The number of carbonyl (C=O) groups is 1. The summed E-state index contributed by atoms with van der Waals surface area (Å²) in [6, 6.07) is 23.8. The quantitative estimate of drug-likeness (QED) is 0.577. The summed E-state index contributed by atoms with van der Waals surface area (Å²) in [4.78, 5) is 13.2. The molecule has 0 atom stereocenters. The number of anilines is 1. The van der Waals surface area contributed by atoms with Crippen LogP contribution in [-0.2, 0) is 12.8 Å². The molecule has 1 aromatic heterocycles. The summed E-state index contributed by atoms with van der Waals surface area (Å²) < 4.78 is 1.87. The number of para-hydroxylation sites is 1. The highest BCUT2D eigenvalue weighted by molar-refractivity contribution is 6.13. The van der Waals surface area contributed by atoms with Crippen LogP contribution >= 0.6 is 0 Å². The fourth-order valence-corrected chi connectivity index (χ4v) is 3.87. The molecule has 0 spiro atoms. The van der Waals surface area contributed by atoms with Crippen LogP contribution in [0.2, 0.25) is 0 Å². The molecule has 5 rings (SSSR count). The van der Waals surface area contributed by atoms with Gasteiger partial charge in [0.1, 0.15) is 5.82 Å². The average Bonchev–Trinajstić information content (AvgIpc) is 3.31. The van der Waals surface area contributed by atoms with Gasteiger partial charge < -0.3 is 5.32 Å². The van der Waals surface area contributed by atoms with E-state index in [1.54, 1.807) is 0 Å². The van der Waals surface area contributed by atoms with Crippen molar-refractivity contribution in [2.45, 2.75) is 19.3 Å². The van der Waals surface area contributed by atoms with E-state index >= 15 is 0 Å². The molecule has 3 aromatic carbocycles. The first-order valence-electron chi connectivity index (χ1n) is 9.26. The molecule has 4 nitrogen and oxygen atoms in total. The topological polar surface area (TPSA) is 46.9 Å². The summed E-state index contributed by atoms with van der Waals surface area (Å²) in [6.45, 7) is 0. The number of nitrogens with one attached hydrogen (secondary N) is 1. The minimum atomic E-state index is -0.0985. The summed E-state index contributed by atoms with van der Waals surface area (Å²) in [5.41, 5.74) is 3.89. The zero-order valence-electron chi connectivity index (χ0n) is 14.9. The third-order valence-electron chi connectivity index (χ3n) is 5.17. The van der Waals surface area contributed by atoms with Crippen LogP contribution < -0.4 is 5.32 Å². The maximum absolute atomic E-state index is 13.2. The normalized spacial score (nSPS) is 12.9. The van der Waals surface area contributed by atoms with Crippen LogP contribution in [0.1, 0.15) is 28.0 Å². The molecule has 0 fully saturated rings. The number of aryl methyl sites for hydroxylation is 1. The van der Waals surface area contributed by atoms with Crippen LogP contribution in [0, 0.1) is 0 Å². The van der Waals surface area contributed by atoms with Gasteiger partial charge in [-0.05, 0) is 48.2 Å². The lowest BCUT2D eigenvalue weighted by Gasteiger charge is -2.12. The number of aromatic nitrogens is 2. The van der Waals surface area contributed by atoms with Gasteiger partial charge in [-0.15, -0.1) is 0 Å². The number of nitrogens with zero attached hydrogens (tertiary/aromatic N) is 2. The van der Waals surface area contributed by atoms with Crippen molar-refractivity contribution in [3.8, 4) is 5.69 Å². The van der Waals surface area contributed by atoms with Crippen LogP contribution in [-0.4, -0.2) is 15.7 Å². The predicted molar refractivity (Wildman–Crippen MR) is 107 cm³/mol. The first-order chi connectivity index (χ1) is 13.3. The summed E-state index contributed by atoms with van der Waals surface area (Å²) >= 11 is 0. The highest BCUT2D eigenvalue weighted by Gasteiger charge is 2.24. The fourth-order valence-electron chi connectivity index (χ4n) is 3.87. The number of hydrogen-bond donors (Lipinski definition) is 1. The van der Waals surface area contributed by atoms with Crippen molar-refractivity contribution in [2.24, 2.45) is 0 Å². The van der Waals surface area contributed by atoms with E-state index in [2.05, 4.69) is 5.32 Å². The van der Waals surface area contributed by atoms with Crippen molar-refractivity contribution in [1.29, 1.82) is 0 Å². The van der Waals surface area contributed by atoms with E-state index in [1.807, 2.05) is 77.5 Å². The molecular formula is C23H19N3O. The van der Waals surface area contributed by atoms with Gasteiger partial charge >= 0.3 is 0 Å². The van der Waals surface area contributed by atoms with E-state index in [0.717, 1.165) is 52.8 Å². The Labute approximate surface area is 157 Å². The maximum atomic E-state index is 13.2. The molecular weight excluding hydrogens is 334 g/mol. The first kappa shape index (κ1) is 15.8. The lowest BCUT2D eigenvalue weighted by atomic mass is 10.0. The van der Waals surface area contributed by atoms with Gasteiger partial charge in [-0.2, -0.15) is 5.10 Å². The van der Waals surface area contributed by atoms with Crippen molar-refractivity contribution in [3.63, 3.8) is 0 Å². The van der Waals surface area contributed by atoms with E-state index in [1.165, 1.54) is 0 Å². The summed E-state index contributed by atoms with van der Waals surface area (Å²) in [7, 11) is 0. The molecule has 0 saturated carbocycles. The number of fused-ring (bicyclic) bond motifs is 2. The molecule has 27 heavy (non-hydrogen) atoms. The molecule has 4 aromatic rings. The van der Waals surface area contributed by atoms with Gasteiger partial charge in [0.05, 0.1) is 11.4 Å². The Kier molecular flexibility index (Phi) is 3.75. The smallest absolute Gasteiger partial charge is 0.257 e.